The lowest BCUT2D eigenvalue weighted by molar-refractivity contribution is -0.123. The van der Waals surface area contributed by atoms with Gasteiger partial charge in [-0.1, -0.05) is 36.4 Å². The molecular weight excluding hydrogens is 320 g/mol. The number of rotatable bonds is 8. The Morgan fingerprint density at radius 1 is 1.08 bits per heavy atom. The Bertz CT molecular complexity index is 641. The fraction of sp³-hybridized carbons (Fsp3) is 0.368. The van der Waals surface area contributed by atoms with Crippen molar-refractivity contribution in [1.82, 2.24) is 10.6 Å². The Labute approximate surface area is 147 Å². The zero-order chi connectivity index (χ0) is 17.4. The van der Waals surface area contributed by atoms with Crippen molar-refractivity contribution in [3.63, 3.8) is 0 Å². The Hall–Kier alpha value is -2.14. The van der Waals surface area contributed by atoms with Gasteiger partial charge in [-0.15, -0.1) is 11.3 Å². The first kappa shape index (κ1) is 18.2. The number of carbonyl (C=O) groups excluding carboxylic acids is 2. The molecule has 5 heteroatoms. The maximum absolute atomic E-state index is 12.3. The first-order chi connectivity index (χ1) is 11.5. The van der Waals surface area contributed by atoms with Crippen molar-refractivity contribution in [3.05, 3.63) is 58.3 Å². The van der Waals surface area contributed by atoms with Crippen molar-refractivity contribution in [2.75, 3.05) is 0 Å². The maximum atomic E-state index is 12.3. The quantitative estimate of drug-likeness (QED) is 0.770. The molecule has 128 valence electrons. The van der Waals surface area contributed by atoms with E-state index in [1.807, 2.05) is 42.6 Å². The van der Waals surface area contributed by atoms with Crippen LogP contribution in [0, 0.1) is 0 Å². The fourth-order valence-electron chi connectivity index (χ4n) is 2.58. The van der Waals surface area contributed by atoms with Crippen LogP contribution in [0.3, 0.4) is 0 Å². The molecule has 0 saturated carbocycles. The number of carbonyl (C=O) groups is 2. The summed E-state index contributed by atoms with van der Waals surface area (Å²) in [5, 5.41) is 7.83. The molecule has 2 atom stereocenters. The summed E-state index contributed by atoms with van der Waals surface area (Å²) in [6.45, 7) is 3.49. The monoisotopic (exact) mass is 344 g/mol. The lowest BCUT2D eigenvalue weighted by atomic mass is 10.1. The minimum Gasteiger partial charge on any atom is -0.354 e. The largest absolute Gasteiger partial charge is 0.354 e. The fourth-order valence-corrected chi connectivity index (χ4v) is 3.35. The molecule has 0 bridgehead atoms. The van der Waals surface area contributed by atoms with Gasteiger partial charge in [-0.25, -0.2) is 0 Å². The first-order valence-corrected chi connectivity index (χ1v) is 9.06. The van der Waals surface area contributed by atoms with Crippen molar-refractivity contribution in [2.24, 2.45) is 0 Å². The third kappa shape index (κ3) is 6.16. The topological polar surface area (TPSA) is 58.2 Å². The molecule has 0 spiro atoms. The van der Waals surface area contributed by atoms with E-state index >= 15 is 0 Å². The van der Waals surface area contributed by atoms with Gasteiger partial charge < -0.3 is 10.6 Å². The molecule has 1 aromatic carbocycles. The Balaban J connectivity index is 1.82. The predicted molar refractivity (Wildman–Crippen MR) is 97.9 cm³/mol. The number of nitrogens with one attached hydrogen (secondary N) is 2. The molecule has 0 aliphatic carbocycles. The van der Waals surface area contributed by atoms with E-state index in [0.717, 1.165) is 17.7 Å². The molecule has 2 aromatic rings. The highest BCUT2D eigenvalue weighted by molar-refractivity contribution is 7.10. The third-order valence-electron chi connectivity index (χ3n) is 3.77. The minimum atomic E-state index is -0.260. The second-order valence-corrected chi connectivity index (χ2v) is 6.94. The molecule has 24 heavy (non-hydrogen) atoms. The van der Waals surface area contributed by atoms with Gasteiger partial charge in [0.25, 0.3) is 0 Å². The van der Waals surface area contributed by atoms with Crippen LogP contribution in [0.25, 0.3) is 0 Å². The SMILES string of the molecule is CC(=O)NC(CC(=O)NC(C)CCc1ccccc1)c1cccs1. The highest BCUT2D eigenvalue weighted by atomic mass is 32.1. The Kier molecular flexibility index (Phi) is 7.00. The maximum Gasteiger partial charge on any atom is 0.222 e. The van der Waals surface area contributed by atoms with Gasteiger partial charge in [-0.05, 0) is 36.8 Å². The van der Waals surface area contributed by atoms with E-state index in [9.17, 15) is 9.59 Å². The van der Waals surface area contributed by atoms with Crippen LogP contribution in [-0.4, -0.2) is 17.9 Å². The van der Waals surface area contributed by atoms with E-state index in [1.54, 1.807) is 11.3 Å². The average molecular weight is 344 g/mol. The minimum absolute atomic E-state index is 0.0392. The molecule has 0 fully saturated rings. The van der Waals surface area contributed by atoms with E-state index in [2.05, 4.69) is 22.8 Å². The van der Waals surface area contributed by atoms with Crippen molar-refractivity contribution in [2.45, 2.75) is 45.2 Å². The van der Waals surface area contributed by atoms with Gasteiger partial charge in [0.1, 0.15) is 0 Å². The number of hydrogen-bond acceptors (Lipinski definition) is 3. The lowest BCUT2D eigenvalue weighted by Gasteiger charge is -2.19. The van der Waals surface area contributed by atoms with E-state index < -0.39 is 0 Å². The summed E-state index contributed by atoms with van der Waals surface area (Å²) in [4.78, 5) is 24.7. The zero-order valence-electron chi connectivity index (χ0n) is 14.1. The molecule has 0 saturated heterocycles. The zero-order valence-corrected chi connectivity index (χ0v) is 14.9. The summed E-state index contributed by atoms with van der Waals surface area (Å²) >= 11 is 1.55. The summed E-state index contributed by atoms with van der Waals surface area (Å²) in [6, 6.07) is 13.9. The van der Waals surface area contributed by atoms with Crippen LogP contribution < -0.4 is 10.6 Å². The van der Waals surface area contributed by atoms with Crippen LogP contribution in [0.5, 0.6) is 0 Å². The smallest absolute Gasteiger partial charge is 0.222 e. The van der Waals surface area contributed by atoms with Crippen LogP contribution in [0.4, 0.5) is 0 Å². The molecule has 2 N–H and O–H groups in total. The van der Waals surface area contributed by atoms with E-state index in [0.29, 0.717) is 0 Å². The second-order valence-electron chi connectivity index (χ2n) is 5.97. The molecule has 1 heterocycles. The van der Waals surface area contributed by atoms with Gasteiger partial charge in [0.05, 0.1) is 12.5 Å². The van der Waals surface area contributed by atoms with Gasteiger partial charge in [0, 0.05) is 17.8 Å². The first-order valence-electron chi connectivity index (χ1n) is 8.18. The predicted octanol–water partition coefficient (Wildman–Crippen LogP) is 3.45. The highest BCUT2D eigenvalue weighted by Gasteiger charge is 2.19. The van der Waals surface area contributed by atoms with E-state index in [4.69, 9.17) is 0 Å². The summed E-state index contributed by atoms with van der Waals surface area (Å²) in [7, 11) is 0. The number of aryl methyl sites for hydroxylation is 1. The van der Waals surface area contributed by atoms with Gasteiger partial charge in [-0.2, -0.15) is 0 Å². The number of thiophene rings is 1. The number of benzene rings is 1. The van der Waals surface area contributed by atoms with Crippen molar-refractivity contribution in [1.29, 1.82) is 0 Å². The molecule has 2 unspecified atom stereocenters. The van der Waals surface area contributed by atoms with Crippen LogP contribution >= 0.6 is 11.3 Å². The molecule has 0 aliphatic heterocycles. The van der Waals surface area contributed by atoms with Crippen LogP contribution in [-0.2, 0) is 16.0 Å². The van der Waals surface area contributed by atoms with Gasteiger partial charge >= 0.3 is 0 Å². The van der Waals surface area contributed by atoms with E-state index in [1.165, 1.54) is 12.5 Å². The number of amides is 2. The van der Waals surface area contributed by atoms with Gasteiger partial charge in [0.15, 0.2) is 0 Å². The Morgan fingerprint density at radius 2 is 1.83 bits per heavy atom. The summed E-state index contributed by atoms with van der Waals surface area (Å²) in [5.41, 5.74) is 1.27. The van der Waals surface area contributed by atoms with Crippen LogP contribution in [0.2, 0.25) is 0 Å². The highest BCUT2D eigenvalue weighted by Crippen LogP contribution is 2.22. The van der Waals surface area contributed by atoms with Crippen molar-refractivity contribution >= 4 is 23.2 Å². The standard InChI is InChI=1S/C19H24N2O2S/c1-14(10-11-16-7-4-3-5-8-16)20-19(23)13-17(21-15(2)22)18-9-6-12-24-18/h3-9,12,14,17H,10-11,13H2,1-2H3,(H,20,23)(H,21,22). The van der Waals surface area contributed by atoms with E-state index in [-0.39, 0.29) is 30.3 Å². The normalized spacial score (nSPS) is 13.1. The number of hydrogen-bond donors (Lipinski definition) is 2. The average Bonchev–Trinajstić information content (AvgIpc) is 3.07. The van der Waals surface area contributed by atoms with Crippen LogP contribution in [0.15, 0.2) is 47.8 Å². The molecule has 0 aliphatic rings. The molecule has 1 aromatic heterocycles. The summed E-state index contributed by atoms with van der Waals surface area (Å²) in [6.07, 6.45) is 2.08. The summed E-state index contributed by atoms with van der Waals surface area (Å²) in [5.74, 6) is -0.166. The van der Waals surface area contributed by atoms with Crippen molar-refractivity contribution < 1.29 is 9.59 Å². The van der Waals surface area contributed by atoms with Crippen molar-refractivity contribution in [3.8, 4) is 0 Å². The molecule has 2 rings (SSSR count). The molecule has 4 nitrogen and oxygen atoms in total. The lowest BCUT2D eigenvalue weighted by Crippen LogP contribution is -2.36. The van der Waals surface area contributed by atoms with Gasteiger partial charge in [-0.3, -0.25) is 9.59 Å². The Morgan fingerprint density at radius 3 is 2.46 bits per heavy atom. The molecule has 0 radical (unpaired) electrons. The van der Waals surface area contributed by atoms with Gasteiger partial charge in [0.2, 0.25) is 11.8 Å². The van der Waals surface area contributed by atoms with Crippen LogP contribution in [0.1, 0.15) is 43.2 Å². The molecule has 2 amide bonds. The third-order valence-corrected chi connectivity index (χ3v) is 4.76. The summed E-state index contributed by atoms with van der Waals surface area (Å²) < 4.78 is 0. The second kappa shape index (κ2) is 9.23. The molecular formula is C19H24N2O2S.